The molecule has 2 unspecified atom stereocenters. The predicted molar refractivity (Wildman–Crippen MR) is 104 cm³/mol. The first-order chi connectivity index (χ1) is 10.4. The van der Waals surface area contributed by atoms with Crippen LogP contribution in [0.25, 0.3) is 12.2 Å². The Hall–Kier alpha value is -0.427. The predicted octanol–water partition coefficient (Wildman–Crippen LogP) is 6.53. The molecule has 2 aliphatic carbocycles. The minimum absolute atomic E-state index is 0. The van der Waals surface area contributed by atoms with Crippen LogP contribution in [-0.2, 0) is 20.3 Å². The number of halogens is 2. The average Bonchev–Trinajstić information content (AvgIpc) is 3.03. The Labute approximate surface area is 159 Å². The third-order valence-electron chi connectivity index (χ3n) is 5.66. The Balaban J connectivity index is 0.000000781. The van der Waals surface area contributed by atoms with Crippen molar-refractivity contribution in [3.63, 3.8) is 0 Å². The Morgan fingerprint density at radius 3 is 1.57 bits per heavy atom. The van der Waals surface area contributed by atoms with Gasteiger partial charge in [0.15, 0.2) is 0 Å². The van der Waals surface area contributed by atoms with Crippen LogP contribution in [0.2, 0.25) is 8.26 Å². The molecule has 1 heterocycles. The summed E-state index contributed by atoms with van der Waals surface area (Å²) in [4.78, 5) is 0. The summed E-state index contributed by atoms with van der Waals surface area (Å²) in [6, 6.07) is 18.1. The second kappa shape index (κ2) is 6.47. The SMILES string of the molecule is Br.C1=C[CH]([Zr]2([CH]3C=Cc4ccccc43)[CH2][CH2]2)c2ccccc21.Cl. The van der Waals surface area contributed by atoms with Gasteiger partial charge in [0.05, 0.1) is 0 Å². The molecule has 0 nitrogen and oxygen atoms in total. The number of rotatable bonds is 2. The van der Waals surface area contributed by atoms with Gasteiger partial charge in [0.2, 0.25) is 0 Å². The summed E-state index contributed by atoms with van der Waals surface area (Å²) in [5.74, 6) is 0. The quantitative estimate of drug-likeness (QED) is 0.472. The Morgan fingerprint density at radius 1 is 0.696 bits per heavy atom. The standard InChI is InChI=1S/2C9H7.C2H4.BrH.ClH.Zr/c2*1-2-5-9-7-3-6-8(9)4-1;1-2;;;/h2*1-7H;1-2H2;2*1H;. The molecule has 0 bridgehead atoms. The van der Waals surface area contributed by atoms with Gasteiger partial charge in [0.25, 0.3) is 0 Å². The van der Waals surface area contributed by atoms with E-state index in [9.17, 15) is 0 Å². The molecule has 23 heavy (non-hydrogen) atoms. The van der Waals surface area contributed by atoms with Crippen molar-refractivity contribution in [1.82, 2.24) is 0 Å². The molecule has 1 aliphatic heterocycles. The van der Waals surface area contributed by atoms with E-state index in [-0.39, 0.29) is 29.4 Å². The van der Waals surface area contributed by atoms with Gasteiger partial charge in [-0.2, -0.15) is 0 Å². The largest absolute Gasteiger partial charge is 0.147 e. The van der Waals surface area contributed by atoms with Crippen molar-refractivity contribution in [2.24, 2.45) is 0 Å². The Morgan fingerprint density at radius 2 is 1.13 bits per heavy atom. The maximum atomic E-state index is 2.54. The number of fused-ring (bicyclic) bond motifs is 2. The molecule has 0 aromatic heterocycles. The molecule has 0 amide bonds. The second-order valence-corrected chi connectivity index (χ2v) is 18.2. The van der Waals surface area contributed by atoms with Gasteiger partial charge in [-0.05, 0) is 0 Å². The molecule has 118 valence electrons. The molecule has 1 saturated heterocycles. The van der Waals surface area contributed by atoms with Crippen LogP contribution in [0.15, 0.2) is 60.7 Å². The summed E-state index contributed by atoms with van der Waals surface area (Å²) >= 11 is -2.13. The van der Waals surface area contributed by atoms with E-state index in [1.807, 2.05) is 0 Å². The smallest absolute Gasteiger partial charge is 0.147 e. The van der Waals surface area contributed by atoms with Crippen molar-refractivity contribution in [3.05, 3.63) is 82.9 Å². The fraction of sp³-hybridized carbons (Fsp3) is 0.200. The zero-order chi connectivity index (χ0) is 13.9. The fourth-order valence-electron chi connectivity index (χ4n) is 4.46. The van der Waals surface area contributed by atoms with E-state index in [1.165, 1.54) is 11.1 Å². The van der Waals surface area contributed by atoms with Crippen LogP contribution in [0, 0.1) is 0 Å². The maximum Gasteiger partial charge on any atom is -0.147 e. The maximum absolute atomic E-state index is 2.54. The first-order valence-corrected chi connectivity index (χ1v) is 14.2. The summed E-state index contributed by atoms with van der Waals surface area (Å²) in [6.45, 7) is 0. The third kappa shape index (κ3) is 2.58. The molecule has 0 N–H and O–H groups in total. The molecule has 1 fully saturated rings. The van der Waals surface area contributed by atoms with Crippen molar-refractivity contribution in [2.45, 2.75) is 15.5 Å². The van der Waals surface area contributed by atoms with Gasteiger partial charge in [-0.1, -0.05) is 0 Å². The van der Waals surface area contributed by atoms with Gasteiger partial charge in [-0.25, -0.2) is 0 Å². The number of allylic oxidation sites excluding steroid dienone is 2. The zero-order valence-electron chi connectivity index (χ0n) is 12.8. The van der Waals surface area contributed by atoms with E-state index in [2.05, 4.69) is 72.8 Å². The van der Waals surface area contributed by atoms with Gasteiger partial charge >= 0.3 is 131 Å². The molecule has 3 aliphatic rings. The minimum atomic E-state index is -2.13. The van der Waals surface area contributed by atoms with Crippen LogP contribution in [-0.4, -0.2) is 0 Å². The van der Waals surface area contributed by atoms with Crippen molar-refractivity contribution < 1.29 is 20.3 Å². The van der Waals surface area contributed by atoms with Crippen LogP contribution in [0.5, 0.6) is 0 Å². The summed E-state index contributed by atoms with van der Waals surface area (Å²) in [5, 5.41) is 0. The van der Waals surface area contributed by atoms with E-state index in [0.29, 0.717) is 0 Å². The molecular weight excluding hydrogens is 447 g/mol. The summed E-state index contributed by atoms with van der Waals surface area (Å²) in [6.07, 6.45) is 9.84. The molecular formula is C20H20BrClZr. The molecule has 0 radical (unpaired) electrons. The Kier molecular flexibility index (Phi) is 4.89. The van der Waals surface area contributed by atoms with E-state index < -0.39 is 20.3 Å². The summed E-state index contributed by atoms with van der Waals surface area (Å²) in [7, 11) is 0. The number of hydrogen-bond acceptors (Lipinski definition) is 0. The summed E-state index contributed by atoms with van der Waals surface area (Å²) in [5.41, 5.74) is 6.20. The topological polar surface area (TPSA) is 0 Å². The first-order valence-electron chi connectivity index (χ1n) is 7.93. The monoisotopic (exact) mass is 464 g/mol. The van der Waals surface area contributed by atoms with E-state index >= 15 is 0 Å². The molecule has 5 rings (SSSR count). The van der Waals surface area contributed by atoms with E-state index in [0.717, 1.165) is 7.25 Å². The molecule has 0 spiro atoms. The van der Waals surface area contributed by atoms with Crippen LogP contribution < -0.4 is 0 Å². The van der Waals surface area contributed by atoms with Crippen LogP contribution in [0.3, 0.4) is 0 Å². The number of hydrogen-bond donors (Lipinski definition) is 0. The minimum Gasteiger partial charge on any atom is -0.147 e. The van der Waals surface area contributed by atoms with Crippen LogP contribution in [0.4, 0.5) is 0 Å². The van der Waals surface area contributed by atoms with Crippen LogP contribution in [0.1, 0.15) is 29.5 Å². The van der Waals surface area contributed by atoms with Crippen molar-refractivity contribution in [1.29, 1.82) is 0 Å². The molecule has 2 aromatic rings. The molecule has 3 heteroatoms. The van der Waals surface area contributed by atoms with E-state index in [4.69, 9.17) is 0 Å². The van der Waals surface area contributed by atoms with Gasteiger partial charge in [-0.15, -0.1) is 29.4 Å². The second-order valence-electron chi connectivity index (χ2n) is 6.66. The first kappa shape index (κ1) is 17.4. The third-order valence-corrected chi connectivity index (χ3v) is 18.3. The number of benzene rings is 2. The molecule has 2 aromatic carbocycles. The van der Waals surface area contributed by atoms with Gasteiger partial charge in [0.1, 0.15) is 0 Å². The Bertz CT molecular complexity index is 728. The van der Waals surface area contributed by atoms with Gasteiger partial charge in [-0.3, -0.25) is 0 Å². The normalized spacial score (nSPS) is 24.3. The van der Waals surface area contributed by atoms with Crippen molar-refractivity contribution in [2.75, 3.05) is 0 Å². The van der Waals surface area contributed by atoms with Gasteiger partial charge in [0, 0.05) is 0 Å². The summed E-state index contributed by atoms with van der Waals surface area (Å²) < 4.78 is 4.72. The van der Waals surface area contributed by atoms with Crippen LogP contribution >= 0.6 is 29.4 Å². The van der Waals surface area contributed by atoms with Crippen molar-refractivity contribution >= 4 is 41.5 Å². The van der Waals surface area contributed by atoms with E-state index in [1.54, 1.807) is 19.4 Å². The molecule has 0 saturated carbocycles. The van der Waals surface area contributed by atoms with Gasteiger partial charge < -0.3 is 0 Å². The van der Waals surface area contributed by atoms with Crippen molar-refractivity contribution in [3.8, 4) is 0 Å². The molecule has 2 atom stereocenters. The average molecular weight is 467 g/mol. The fourth-order valence-corrected chi connectivity index (χ4v) is 20.1. The zero-order valence-corrected chi connectivity index (χ0v) is 17.8.